The molecular formula is C21H28N4O3S. The summed E-state index contributed by atoms with van der Waals surface area (Å²) >= 11 is 1.28. The van der Waals surface area contributed by atoms with Gasteiger partial charge in [-0.1, -0.05) is 18.2 Å². The number of hydrogen-bond donors (Lipinski definition) is 1. The molecule has 0 unspecified atom stereocenters. The zero-order valence-electron chi connectivity index (χ0n) is 17.0. The first-order valence-electron chi connectivity index (χ1n) is 10.3. The van der Waals surface area contributed by atoms with E-state index < -0.39 is 0 Å². The second kappa shape index (κ2) is 8.83. The minimum atomic E-state index is -0.154. The number of nitrogens with zero attached hydrogens (tertiary/aromatic N) is 3. The minimum absolute atomic E-state index is 0.0149. The van der Waals surface area contributed by atoms with Gasteiger partial charge in [0.25, 0.3) is 5.56 Å². The monoisotopic (exact) mass is 416 g/mol. The number of hydrogen-bond acceptors (Lipinski definition) is 6. The summed E-state index contributed by atoms with van der Waals surface area (Å²) < 4.78 is 6.71. The highest BCUT2D eigenvalue weighted by atomic mass is 32.2. The third-order valence-electron chi connectivity index (χ3n) is 6.37. The van der Waals surface area contributed by atoms with Crippen molar-refractivity contribution in [1.29, 1.82) is 0 Å². The molecule has 29 heavy (non-hydrogen) atoms. The van der Waals surface area contributed by atoms with Gasteiger partial charge in [0.1, 0.15) is 0 Å². The topological polar surface area (TPSA) is 86.1 Å². The molecule has 0 spiro atoms. The SMILES string of the molecule is COCCn1c(SCC(=O)N[C@@H](C)[C@@H]2C[C@H]3CC[C@H]2C3)nc2ncccc2c1=O. The van der Waals surface area contributed by atoms with E-state index in [1.807, 2.05) is 0 Å². The lowest BCUT2D eigenvalue weighted by Crippen LogP contribution is -2.41. The molecule has 156 valence electrons. The average molecular weight is 417 g/mol. The summed E-state index contributed by atoms with van der Waals surface area (Å²) in [5, 5.41) is 4.15. The standard InChI is InChI=1S/C21H28N4O3S/c1-13(17-11-14-5-6-15(17)10-14)23-18(26)12-29-21-24-19-16(4-3-7-22-19)20(27)25(21)8-9-28-2/h3-4,7,13-15,17H,5-6,8-12H2,1-2H3,(H,23,26)/t13-,14-,15-,17-/m0/s1. The summed E-state index contributed by atoms with van der Waals surface area (Å²) in [7, 11) is 1.60. The Hall–Kier alpha value is -1.93. The molecule has 2 aliphatic rings. The predicted molar refractivity (Wildman–Crippen MR) is 113 cm³/mol. The van der Waals surface area contributed by atoms with E-state index in [0.29, 0.717) is 35.3 Å². The van der Waals surface area contributed by atoms with Crippen molar-refractivity contribution in [1.82, 2.24) is 19.9 Å². The first-order valence-corrected chi connectivity index (χ1v) is 11.3. The fraction of sp³-hybridized carbons (Fsp3) is 0.619. The van der Waals surface area contributed by atoms with E-state index in [1.54, 1.807) is 30.0 Å². The Morgan fingerprint density at radius 3 is 3.00 bits per heavy atom. The minimum Gasteiger partial charge on any atom is -0.383 e. The van der Waals surface area contributed by atoms with Gasteiger partial charge >= 0.3 is 0 Å². The maximum atomic E-state index is 12.8. The number of methoxy groups -OCH3 is 1. The van der Waals surface area contributed by atoms with Gasteiger partial charge in [-0.05, 0) is 56.1 Å². The maximum Gasteiger partial charge on any atom is 0.263 e. The summed E-state index contributed by atoms with van der Waals surface area (Å²) in [6, 6.07) is 3.64. The molecule has 0 aromatic carbocycles. The Balaban J connectivity index is 1.44. The van der Waals surface area contributed by atoms with Crippen LogP contribution in [0.2, 0.25) is 0 Å². The summed E-state index contributed by atoms with van der Waals surface area (Å²) in [4.78, 5) is 34.1. The fourth-order valence-electron chi connectivity index (χ4n) is 4.97. The molecule has 2 aromatic heterocycles. The van der Waals surface area contributed by atoms with Crippen LogP contribution in [0.15, 0.2) is 28.3 Å². The summed E-state index contributed by atoms with van der Waals surface area (Å²) in [6.07, 6.45) is 6.86. The number of carbonyl (C=O) groups is 1. The lowest BCUT2D eigenvalue weighted by atomic mass is 9.84. The van der Waals surface area contributed by atoms with Gasteiger partial charge in [0, 0.05) is 19.3 Å². The van der Waals surface area contributed by atoms with Crippen LogP contribution < -0.4 is 10.9 Å². The van der Waals surface area contributed by atoms with Gasteiger partial charge in [-0.3, -0.25) is 14.2 Å². The number of nitrogens with one attached hydrogen (secondary N) is 1. The van der Waals surface area contributed by atoms with E-state index in [4.69, 9.17) is 4.74 Å². The average Bonchev–Trinajstić information content (AvgIpc) is 3.35. The predicted octanol–water partition coefficient (Wildman–Crippen LogP) is 2.47. The van der Waals surface area contributed by atoms with Crippen molar-refractivity contribution in [3.05, 3.63) is 28.7 Å². The molecule has 8 heteroatoms. The molecule has 2 saturated carbocycles. The molecule has 0 aliphatic heterocycles. The lowest BCUT2D eigenvalue weighted by molar-refractivity contribution is -0.119. The number of rotatable bonds is 8. The number of thioether (sulfide) groups is 1. The van der Waals surface area contributed by atoms with E-state index in [1.165, 1.54) is 37.4 Å². The molecule has 0 saturated heterocycles. The Morgan fingerprint density at radius 2 is 2.28 bits per heavy atom. The zero-order chi connectivity index (χ0) is 20.4. The van der Waals surface area contributed by atoms with Crippen LogP contribution in [0.3, 0.4) is 0 Å². The zero-order valence-corrected chi connectivity index (χ0v) is 17.8. The molecule has 1 N–H and O–H groups in total. The van der Waals surface area contributed by atoms with Crippen molar-refractivity contribution >= 4 is 28.7 Å². The van der Waals surface area contributed by atoms with E-state index in [2.05, 4.69) is 22.2 Å². The second-order valence-electron chi connectivity index (χ2n) is 8.20. The van der Waals surface area contributed by atoms with Gasteiger partial charge in [0.05, 0.1) is 24.3 Å². The van der Waals surface area contributed by atoms with Crippen molar-refractivity contribution < 1.29 is 9.53 Å². The van der Waals surface area contributed by atoms with E-state index >= 15 is 0 Å². The van der Waals surface area contributed by atoms with Crippen molar-refractivity contribution in [3.63, 3.8) is 0 Å². The molecule has 2 aromatic rings. The van der Waals surface area contributed by atoms with Gasteiger partial charge in [0.2, 0.25) is 5.91 Å². The highest BCUT2D eigenvalue weighted by Gasteiger charge is 2.42. The number of pyridine rings is 1. The van der Waals surface area contributed by atoms with Crippen molar-refractivity contribution in [3.8, 4) is 0 Å². The number of carbonyl (C=O) groups excluding carboxylic acids is 1. The molecular weight excluding hydrogens is 388 g/mol. The third kappa shape index (κ3) is 4.33. The number of ether oxygens (including phenoxy) is 1. The third-order valence-corrected chi connectivity index (χ3v) is 7.35. The molecule has 7 nitrogen and oxygen atoms in total. The van der Waals surface area contributed by atoms with Crippen molar-refractivity contribution in [2.75, 3.05) is 19.5 Å². The Bertz CT molecular complexity index is 947. The normalized spacial score (nSPS) is 24.1. The molecule has 2 bridgehead atoms. The molecule has 2 fully saturated rings. The van der Waals surface area contributed by atoms with Gasteiger partial charge in [-0.15, -0.1) is 0 Å². The molecule has 4 atom stereocenters. The number of fused-ring (bicyclic) bond motifs is 3. The number of aromatic nitrogens is 3. The van der Waals surface area contributed by atoms with Crippen LogP contribution in [-0.4, -0.2) is 46.0 Å². The van der Waals surface area contributed by atoms with Crippen LogP contribution in [-0.2, 0) is 16.1 Å². The first-order chi connectivity index (χ1) is 14.1. The van der Waals surface area contributed by atoms with Crippen molar-refractivity contribution in [2.45, 2.75) is 50.4 Å². The molecule has 2 aliphatic carbocycles. The lowest BCUT2D eigenvalue weighted by Gasteiger charge is -2.28. The van der Waals surface area contributed by atoms with Crippen LogP contribution >= 0.6 is 11.8 Å². The Kier molecular flexibility index (Phi) is 6.20. The summed E-state index contributed by atoms with van der Waals surface area (Å²) in [5.74, 6) is 2.45. The second-order valence-corrected chi connectivity index (χ2v) is 9.14. The summed E-state index contributed by atoms with van der Waals surface area (Å²) in [6.45, 7) is 2.91. The fourth-order valence-corrected chi connectivity index (χ4v) is 5.79. The van der Waals surface area contributed by atoms with Crippen LogP contribution in [0.4, 0.5) is 0 Å². The smallest absolute Gasteiger partial charge is 0.263 e. The highest BCUT2D eigenvalue weighted by molar-refractivity contribution is 7.99. The van der Waals surface area contributed by atoms with Crippen LogP contribution in [0.1, 0.15) is 32.6 Å². The quantitative estimate of drug-likeness (QED) is 0.526. The van der Waals surface area contributed by atoms with E-state index in [0.717, 1.165) is 11.8 Å². The van der Waals surface area contributed by atoms with Crippen LogP contribution in [0.25, 0.3) is 11.0 Å². The number of amides is 1. The van der Waals surface area contributed by atoms with Gasteiger partial charge in [-0.2, -0.15) is 0 Å². The molecule has 4 rings (SSSR count). The summed E-state index contributed by atoms with van der Waals surface area (Å²) in [5.41, 5.74) is 0.253. The van der Waals surface area contributed by atoms with Crippen LogP contribution in [0.5, 0.6) is 0 Å². The Labute approximate surface area is 174 Å². The molecule has 2 heterocycles. The van der Waals surface area contributed by atoms with Gasteiger partial charge in [-0.25, -0.2) is 9.97 Å². The maximum absolute atomic E-state index is 12.8. The van der Waals surface area contributed by atoms with E-state index in [-0.39, 0.29) is 23.3 Å². The molecule has 0 radical (unpaired) electrons. The van der Waals surface area contributed by atoms with Gasteiger partial charge < -0.3 is 10.1 Å². The molecule has 1 amide bonds. The Morgan fingerprint density at radius 1 is 1.41 bits per heavy atom. The van der Waals surface area contributed by atoms with Crippen LogP contribution in [0, 0.1) is 17.8 Å². The largest absolute Gasteiger partial charge is 0.383 e. The highest BCUT2D eigenvalue weighted by Crippen LogP contribution is 2.49. The first kappa shape index (κ1) is 20.3. The van der Waals surface area contributed by atoms with E-state index in [9.17, 15) is 9.59 Å². The van der Waals surface area contributed by atoms with Crippen molar-refractivity contribution in [2.24, 2.45) is 17.8 Å². The van der Waals surface area contributed by atoms with Gasteiger partial charge in [0.15, 0.2) is 10.8 Å².